The van der Waals surface area contributed by atoms with E-state index < -0.39 is 74.9 Å². The molecule has 2 aliphatic heterocycles. The van der Waals surface area contributed by atoms with Crippen LogP contribution in [-0.2, 0) is 24.4 Å². The summed E-state index contributed by atoms with van der Waals surface area (Å²) in [5, 5.41) is 19.6. The summed E-state index contributed by atoms with van der Waals surface area (Å²) in [5.41, 5.74) is 0.0644. The van der Waals surface area contributed by atoms with Crippen molar-refractivity contribution in [2.24, 2.45) is 11.3 Å². The number of likely N-dealkylation sites (N-methyl/N-ethyl adjacent to an activating group) is 1. The quantitative estimate of drug-likeness (QED) is 0.189. The minimum Gasteiger partial charge on any atom is -0.497 e. The van der Waals surface area contributed by atoms with Gasteiger partial charge in [-0.3, -0.25) is 9.59 Å². The van der Waals surface area contributed by atoms with Crippen molar-refractivity contribution in [3.8, 4) is 22.8 Å². The number of carbonyl (C=O) groups excluding carboxylic acids is 3. The molecule has 1 saturated heterocycles. The second kappa shape index (κ2) is 18.2. The molecule has 4 N–H and O–H groups in total. The molecule has 6 rings (SSSR count). The maximum atomic E-state index is 14.8. The van der Waals surface area contributed by atoms with Gasteiger partial charge in [0.05, 0.1) is 30.6 Å². The number of nitrogens with one attached hydrogen (secondary N) is 3. The Labute approximate surface area is 352 Å². The molecule has 3 aliphatic rings. The van der Waals surface area contributed by atoms with E-state index in [9.17, 15) is 32.7 Å². The van der Waals surface area contributed by atoms with Gasteiger partial charge in [0, 0.05) is 55.1 Å². The minimum atomic E-state index is -3.54. The average molecular weight is 847 g/mol. The Morgan fingerprint density at radius 3 is 2.53 bits per heavy atom. The average Bonchev–Trinajstić information content (AvgIpc) is 3.75. The van der Waals surface area contributed by atoms with Gasteiger partial charge in [0.1, 0.15) is 35.2 Å². The molecule has 1 unspecified atom stereocenters. The number of nitrogens with zero attached hydrogens (tertiary/aromatic N) is 3. The number of methoxy groups -OCH3 is 1. The van der Waals surface area contributed by atoms with Crippen LogP contribution in [0.5, 0.6) is 11.5 Å². The van der Waals surface area contributed by atoms with Crippen molar-refractivity contribution in [1.82, 2.24) is 30.1 Å². The molecule has 324 valence electrons. The molecule has 0 spiro atoms. The monoisotopic (exact) mass is 846 g/mol. The van der Waals surface area contributed by atoms with Crippen LogP contribution in [0.15, 0.2) is 66.7 Å². The lowest BCUT2D eigenvalue weighted by Crippen LogP contribution is -2.59. The number of rotatable bonds is 11. The van der Waals surface area contributed by atoms with Crippen molar-refractivity contribution in [3.05, 3.63) is 66.7 Å². The molecule has 6 atom stereocenters. The van der Waals surface area contributed by atoms with Crippen LogP contribution >= 0.6 is 0 Å². The predicted octanol–water partition coefficient (Wildman–Crippen LogP) is 5.10. The first-order valence-corrected chi connectivity index (χ1v) is 22.3. The Kier molecular flexibility index (Phi) is 13.4. The van der Waals surface area contributed by atoms with Crippen molar-refractivity contribution >= 4 is 44.7 Å². The number of carbonyl (C=O) groups is 4. The largest absolute Gasteiger partial charge is 0.497 e. The molecule has 16 heteroatoms. The van der Waals surface area contributed by atoms with Crippen molar-refractivity contribution in [3.63, 3.8) is 0 Å². The summed E-state index contributed by atoms with van der Waals surface area (Å²) < 4.78 is 38.7. The molecule has 2 fully saturated rings. The van der Waals surface area contributed by atoms with E-state index in [-0.39, 0.29) is 38.1 Å². The number of carboxylic acids is 1. The molecule has 1 aromatic heterocycles. The van der Waals surface area contributed by atoms with Crippen LogP contribution in [0, 0.1) is 11.3 Å². The topological polar surface area (TPSA) is 197 Å². The zero-order valence-corrected chi connectivity index (χ0v) is 36.1. The van der Waals surface area contributed by atoms with Crippen LogP contribution in [0.4, 0.5) is 4.79 Å². The Hall–Kier alpha value is -5.22. The Morgan fingerprint density at radius 2 is 1.85 bits per heavy atom. The highest BCUT2D eigenvalue weighted by Gasteiger charge is 2.61. The van der Waals surface area contributed by atoms with E-state index in [1.807, 2.05) is 81.5 Å². The predicted molar refractivity (Wildman–Crippen MR) is 228 cm³/mol. The number of hydrogen-bond acceptors (Lipinski definition) is 9. The van der Waals surface area contributed by atoms with Crippen molar-refractivity contribution in [2.45, 2.75) is 102 Å². The standard InChI is InChI=1S/C44H58N6O9S/c1-7-60(56,57)49(5)27-38(43(2,3)4)47-42(55)46-33-19-15-10-8-9-14-18-29-25-44(29,41(53)54)48-39(51)36-23-31(26-50(36)40(33)52)59-37-24-34(28-16-12-11-13-17-28)45-35-22-30(58-6)20-21-32(35)37/h11-14,16-18,20-22,24,29,31,33,36,38H,7-10,15,19,23,25-27H2,1-6H3,(H,48,51)(H,53,54)(H2,46,47,55)/t29?,31-,33+,36+,38-,44-/m1/s1. The van der Waals surface area contributed by atoms with Crippen LogP contribution in [0.1, 0.15) is 72.6 Å². The fourth-order valence-electron chi connectivity index (χ4n) is 7.97. The first-order chi connectivity index (χ1) is 28.4. The van der Waals surface area contributed by atoms with Crippen LogP contribution in [0.25, 0.3) is 22.2 Å². The maximum absolute atomic E-state index is 14.8. The van der Waals surface area contributed by atoms with E-state index in [1.54, 1.807) is 20.1 Å². The van der Waals surface area contributed by atoms with Crippen LogP contribution in [0.3, 0.4) is 0 Å². The molecule has 60 heavy (non-hydrogen) atoms. The summed E-state index contributed by atoms with van der Waals surface area (Å²) in [7, 11) is -0.498. The Morgan fingerprint density at radius 1 is 1.10 bits per heavy atom. The summed E-state index contributed by atoms with van der Waals surface area (Å²) >= 11 is 0. The van der Waals surface area contributed by atoms with Gasteiger partial charge < -0.3 is 35.4 Å². The molecular weight excluding hydrogens is 789 g/mol. The second-order valence-corrected chi connectivity index (χ2v) is 19.5. The lowest BCUT2D eigenvalue weighted by Gasteiger charge is -2.35. The number of sulfonamides is 1. The summed E-state index contributed by atoms with van der Waals surface area (Å²) in [4.78, 5) is 61.9. The highest BCUT2D eigenvalue weighted by atomic mass is 32.2. The lowest BCUT2D eigenvalue weighted by atomic mass is 9.87. The number of hydrogen-bond donors (Lipinski definition) is 4. The molecule has 3 aromatic rings. The smallest absolute Gasteiger partial charge is 0.330 e. The van der Waals surface area contributed by atoms with E-state index in [0.717, 1.165) is 18.4 Å². The zero-order valence-electron chi connectivity index (χ0n) is 35.3. The molecule has 0 radical (unpaired) electrons. The third kappa shape index (κ3) is 10.0. The summed E-state index contributed by atoms with van der Waals surface area (Å²) in [6.07, 6.45) is 6.47. The number of allylic oxidation sites excluding steroid dienone is 1. The van der Waals surface area contributed by atoms with Gasteiger partial charge >= 0.3 is 12.0 Å². The van der Waals surface area contributed by atoms with Crippen LogP contribution in [-0.4, -0.2) is 114 Å². The van der Waals surface area contributed by atoms with Gasteiger partial charge in [-0.15, -0.1) is 0 Å². The lowest BCUT2D eigenvalue weighted by molar-refractivity contribution is -0.145. The Bertz CT molecular complexity index is 2210. The number of urea groups is 1. The molecule has 4 amide bonds. The second-order valence-electron chi connectivity index (χ2n) is 17.1. The van der Waals surface area contributed by atoms with Gasteiger partial charge in [-0.2, -0.15) is 0 Å². The number of benzene rings is 2. The fraction of sp³-hybridized carbons (Fsp3) is 0.523. The number of amides is 4. The number of aromatic nitrogens is 1. The molecule has 15 nitrogen and oxygen atoms in total. The molecule has 1 aliphatic carbocycles. The van der Waals surface area contributed by atoms with Crippen molar-refractivity contribution in [2.75, 3.05) is 33.0 Å². The maximum Gasteiger partial charge on any atom is 0.330 e. The first-order valence-electron chi connectivity index (χ1n) is 20.7. The number of aliphatic carboxylic acids is 1. The van der Waals surface area contributed by atoms with E-state index in [4.69, 9.17) is 14.5 Å². The van der Waals surface area contributed by atoms with Crippen LogP contribution in [0.2, 0.25) is 0 Å². The van der Waals surface area contributed by atoms with Gasteiger partial charge in [-0.1, -0.05) is 76.1 Å². The highest BCUT2D eigenvalue weighted by molar-refractivity contribution is 7.89. The van der Waals surface area contributed by atoms with Gasteiger partial charge in [-0.25, -0.2) is 27.3 Å². The number of carboxylic acid groups (broad SMARTS) is 1. The summed E-state index contributed by atoms with van der Waals surface area (Å²) in [6, 6.07) is 13.4. The fourth-order valence-corrected chi connectivity index (χ4v) is 8.79. The van der Waals surface area contributed by atoms with E-state index >= 15 is 0 Å². The highest BCUT2D eigenvalue weighted by Crippen LogP contribution is 2.45. The summed E-state index contributed by atoms with van der Waals surface area (Å²) in [5.74, 6) is -1.67. The molecule has 3 heterocycles. The molecule has 1 saturated carbocycles. The first kappa shape index (κ1) is 44.3. The van der Waals surface area contributed by atoms with E-state index in [1.165, 1.54) is 16.3 Å². The summed E-state index contributed by atoms with van der Waals surface area (Å²) in [6.45, 7) is 7.22. The Balaban J connectivity index is 1.32. The molecule has 0 bridgehead atoms. The molecule has 2 aromatic carbocycles. The van der Waals surface area contributed by atoms with Crippen molar-refractivity contribution < 1.29 is 42.2 Å². The van der Waals surface area contributed by atoms with Crippen LogP contribution < -0.4 is 25.4 Å². The SMILES string of the molecule is CCS(=O)(=O)N(C)C[C@@H](NC(=O)N[C@H]1CCCCCC=CC2C[C@@]2(C(=O)O)NC(=O)[C@@H]2C[C@@H](Oc3cc(-c4ccccc4)nc4cc(OC)ccc34)CN2C1=O)C(C)(C)C. The molecular formula is C44H58N6O9S. The number of ether oxygens (including phenoxy) is 2. The number of fused-ring (bicyclic) bond motifs is 3. The van der Waals surface area contributed by atoms with E-state index in [0.29, 0.717) is 40.9 Å². The van der Waals surface area contributed by atoms with Gasteiger partial charge in [-0.05, 0) is 50.2 Å². The van der Waals surface area contributed by atoms with Gasteiger partial charge in [0.2, 0.25) is 21.8 Å². The normalized spacial score (nSPS) is 24.4. The number of pyridine rings is 1. The van der Waals surface area contributed by atoms with E-state index in [2.05, 4.69) is 16.0 Å². The third-order valence-electron chi connectivity index (χ3n) is 11.9. The zero-order chi connectivity index (χ0) is 43.4. The van der Waals surface area contributed by atoms with Gasteiger partial charge in [0.25, 0.3) is 0 Å². The van der Waals surface area contributed by atoms with Crippen molar-refractivity contribution in [1.29, 1.82) is 0 Å². The van der Waals surface area contributed by atoms with Gasteiger partial charge in [0.15, 0.2) is 0 Å². The minimum absolute atomic E-state index is 0.0153. The third-order valence-corrected chi connectivity index (χ3v) is 13.7.